The van der Waals surface area contributed by atoms with Gasteiger partial charge in [0.2, 0.25) is 10.0 Å². The van der Waals surface area contributed by atoms with Gasteiger partial charge in [-0.25, -0.2) is 13.1 Å². The summed E-state index contributed by atoms with van der Waals surface area (Å²) in [5.41, 5.74) is 0.455. The van der Waals surface area contributed by atoms with Gasteiger partial charge in [-0.1, -0.05) is 25.3 Å². The van der Waals surface area contributed by atoms with Crippen LogP contribution < -0.4 is 10.0 Å². The third-order valence-corrected chi connectivity index (χ3v) is 7.49. The zero-order valence-corrected chi connectivity index (χ0v) is 15.8. The van der Waals surface area contributed by atoms with Crippen molar-refractivity contribution in [1.82, 2.24) is 14.9 Å². The molecule has 26 heavy (non-hydrogen) atoms. The summed E-state index contributed by atoms with van der Waals surface area (Å²) in [4.78, 5) is 14.9. The van der Waals surface area contributed by atoms with E-state index in [2.05, 4.69) is 10.0 Å². The maximum absolute atomic E-state index is 12.8. The normalized spacial score (nSPS) is 26.8. The average Bonchev–Trinajstić information content (AvgIpc) is 3.24. The van der Waals surface area contributed by atoms with Gasteiger partial charge in [0.1, 0.15) is 0 Å². The van der Waals surface area contributed by atoms with Crippen LogP contribution in [0.4, 0.5) is 0 Å². The minimum absolute atomic E-state index is 0.0112. The molecule has 2 atom stereocenters. The Labute approximate surface area is 155 Å². The molecule has 1 aromatic carbocycles. The lowest BCUT2D eigenvalue weighted by atomic mass is 9.96. The summed E-state index contributed by atoms with van der Waals surface area (Å²) in [6.45, 7) is 2.49. The number of hydrogen-bond donors (Lipinski definition) is 2. The van der Waals surface area contributed by atoms with Crippen LogP contribution in [0.25, 0.3) is 0 Å². The summed E-state index contributed by atoms with van der Waals surface area (Å²) in [5, 5.41) is 3.44. The summed E-state index contributed by atoms with van der Waals surface area (Å²) in [7, 11) is -3.59. The average molecular weight is 378 g/mol. The molecule has 2 heterocycles. The van der Waals surface area contributed by atoms with E-state index in [0.29, 0.717) is 24.1 Å². The Morgan fingerprint density at radius 1 is 1.12 bits per heavy atom. The van der Waals surface area contributed by atoms with E-state index in [0.717, 1.165) is 45.2 Å². The zero-order valence-electron chi connectivity index (χ0n) is 15.0. The molecular weight excluding hydrogens is 350 g/mol. The van der Waals surface area contributed by atoms with E-state index in [1.165, 1.54) is 12.5 Å². The fourth-order valence-electron chi connectivity index (χ4n) is 4.50. The van der Waals surface area contributed by atoms with E-state index in [-0.39, 0.29) is 16.8 Å². The highest BCUT2D eigenvalue weighted by atomic mass is 32.2. The maximum atomic E-state index is 12.8. The molecule has 0 unspecified atom stereocenters. The van der Waals surface area contributed by atoms with E-state index in [4.69, 9.17) is 0 Å². The molecule has 0 radical (unpaired) electrons. The van der Waals surface area contributed by atoms with Crippen molar-refractivity contribution in [3.63, 3.8) is 0 Å². The molecule has 3 aliphatic rings. The number of fused-ring (bicyclic) bond motifs is 1. The van der Waals surface area contributed by atoms with Crippen LogP contribution in [0.2, 0.25) is 0 Å². The predicted octanol–water partition coefficient (Wildman–Crippen LogP) is 1.73. The van der Waals surface area contributed by atoms with Crippen molar-refractivity contribution in [2.24, 2.45) is 5.92 Å². The molecule has 3 fully saturated rings. The molecule has 4 rings (SSSR count). The Bertz CT molecular complexity index is 762. The van der Waals surface area contributed by atoms with Gasteiger partial charge in [0.15, 0.2) is 0 Å². The Morgan fingerprint density at radius 3 is 2.69 bits per heavy atom. The second kappa shape index (κ2) is 7.29. The highest BCUT2D eigenvalue weighted by Gasteiger charge is 2.38. The number of carbonyl (C=O) groups excluding carboxylic acids is 1. The molecule has 1 amide bonds. The molecule has 1 aliphatic carbocycles. The Hall–Kier alpha value is -1.44. The molecule has 0 aromatic heterocycles. The van der Waals surface area contributed by atoms with Crippen LogP contribution in [0, 0.1) is 5.92 Å². The fourth-order valence-corrected chi connectivity index (χ4v) is 5.85. The lowest BCUT2D eigenvalue weighted by molar-refractivity contribution is 0.0782. The van der Waals surface area contributed by atoms with E-state index >= 15 is 0 Å². The lowest BCUT2D eigenvalue weighted by Crippen LogP contribution is -2.36. The van der Waals surface area contributed by atoms with Crippen LogP contribution in [-0.2, 0) is 10.0 Å². The van der Waals surface area contributed by atoms with E-state index in [1.54, 1.807) is 18.2 Å². The summed E-state index contributed by atoms with van der Waals surface area (Å²) >= 11 is 0. The van der Waals surface area contributed by atoms with Crippen LogP contribution in [0.3, 0.4) is 0 Å². The van der Waals surface area contributed by atoms with Gasteiger partial charge >= 0.3 is 0 Å². The lowest BCUT2D eigenvalue weighted by Gasteiger charge is -2.23. The molecule has 2 N–H and O–H groups in total. The molecule has 0 bridgehead atoms. The molecule has 6 nitrogen and oxygen atoms in total. The van der Waals surface area contributed by atoms with Gasteiger partial charge < -0.3 is 10.2 Å². The van der Waals surface area contributed by atoms with Crippen molar-refractivity contribution in [2.75, 3.05) is 19.6 Å². The largest absolute Gasteiger partial charge is 0.337 e. The van der Waals surface area contributed by atoms with Crippen LogP contribution in [0.15, 0.2) is 29.2 Å². The second-order valence-corrected chi connectivity index (χ2v) is 9.52. The van der Waals surface area contributed by atoms with Gasteiger partial charge in [0.25, 0.3) is 5.91 Å². The molecule has 0 spiro atoms. The standard InChI is InChI=1S/C19H27N3O3S/c23-19(22-12-15-9-10-20-18(15)13-22)14-5-4-8-17(11-14)26(24,25)21-16-6-2-1-3-7-16/h4-5,8,11,15-16,18,20-21H,1-3,6-7,9-10,12-13H2/t15-,18+/m0/s1. The first-order valence-corrected chi connectivity index (χ1v) is 11.2. The van der Waals surface area contributed by atoms with E-state index in [9.17, 15) is 13.2 Å². The Morgan fingerprint density at radius 2 is 1.92 bits per heavy atom. The smallest absolute Gasteiger partial charge is 0.253 e. The highest BCUT2D eigenvalue weighted by molar-refractivity contribution is 7.89. The van der Waals surface area contributed by atoms with Crippen LogP contribution in [0.5, 0.6) is 0 Å². The summed E-state index contributed by atoms with van der Waals surface area (Å²) in [6, 6.07) is 6.87. The first kappa shape index (κ1) is 17.9. The number of amides is 1. The van der Waals surface area contributed by atoms with Crippen molar-refractivity contribution in [1.29, 1.82) is 0 Å². The molecule has 2 saturated heterocycles. The Balaban J connectivity index is 1.48. The summed E-state index contributed by atoms with van der Waals surface area (Å²) in [6.07, 6.45) is 6.19. The van der Waals surface area contributed by atoms with Crippen molar-refractivity contribution >= 4 is 15.9 Å². The second-order valence-electron chi connectivity index (χ2n) is 7.80. The van der Waals surface area contributed by atoms with Gasteiger partial charge in [-0.3, -0.25) is 4.79 Å². The fraction of sp³-hybridized carbons (Fsp3) is 0.632. The predicted molar refractivity (Wildman–Crippen MR) is 99.4 cm³/mol. The quantitative estimate of drug-likeness (QED) is 0.838. The monoisotopic (exact) mass is 377 g/mol. The van der Waals surface area contributed by atoms with Crippen LogP contribution >= 0.6 is 0 Å². The number of rotatable bonds is 4. The SMILES string of the molecule is O=C(c1cccc(S(=O)(=O)NC2CCCCC2)c1)N1C[C@@H]2CCN[C@@H]2C1. The number of carbonyl (C=O) groups is 1. The molecule has 142 valence electrons. The van der Waals surface area contributed by atoms with Crippen molar-refractivity contribution in [3.8, 4) is 0 Å². The maximum Gasteiger partial charge on any atom is 0.253 e. The minimum atomic E-state index is -3.59. The van der Waals surface area contributed by atoms with Gasteiger partial charge in [-0.2, -0.15) is 0 Å². The summed E-state index contributed by atoms with van der Waals surface area (Å²) in [5.74, 6) is 0.453. The van der Waals surface area contributed by atoms with Crippen LogP contribution in [-0.4, -0.2) is 50.9 Å². The first-order chi connectivity index (χ1) is 12.5. The zero-order chi connectivity index (χ0) is 18.1. The third kappa shape index (κ3) is 3.66. The minimum Gasteiger partial charge on any atom is -0.337 e. The highest BCUT2D eigenvalue weighted by Crippen LogP contribution is 2.26. The van der Waals surface area contributed by atoms with E-state index < -0.39 is 10.0 Å². The number of nitrogens with zero attached hydrogens (tertiary/aromatic N) is 1. The van der Waals surface area contributed by atoms with Crippen molar-refractivity contribution in [2.45, 2.75) is 55.5 Å². The molecular formula is C19H27N3O3S. The van der Waals surface area contributed by atoms with E-state index in [1.807, 2.05) is 4.90 Å². The number of nitrogens with one attached hydrogen (secondary N) is 2. The van der Waals surface area contributed by atoms with Gasteiger partial charge in [-0.05, 0) is 49.9 Å². The first-order valence-electron chi connectivity index (χ1n) is 9.68. The van der Waals surface area contributed by atoms with Crippen LogP contribution in [0.1, 0.15) is 48.9 Å². The van der Waals surface area contributed by atoms with Gasteiger partial charge in [-0.15, -0.1) is 0 Å². The number of benzene rings is 1. The number of sulfonamides is 1. The molecule has 1 saturated carbocycles. The summed E-state index contributed by atoms with van der Waals surface area (Å²) < 4.78 is 28.2. The van der Waals surface area contributed by atoms with Gasteiger partial charge in [0.05, 0.1) is 4.90 Å². The van der Waals surface area contributed by atoms with Crippen molar-refractivity contribution < 1.29 is 13.2 Å². The molecule has 1 aromatic rings. The molecule has 7 heteroatoms. The number of likely N-dealkylation sites (tertiary alicyclic amines) is 1. The topological polar surface area (TPSA) is 78.5 Å². The number of hydrogen-bond acceptors (Lipinski definition) is 4. The van der Waals surface area contributed by atoms with Crippen molar-refractivity contribution in [3.05, 3.63) is 29.8 Å². The molecule has 2 aliphatic heterocycles. The third-order valence-electron chi connectivity index (χ3n) is 5.97. The van der Waals surface area contributed by atoms with Gasteiger partial charge in [0, 0.05) is 30.7 Å². The Kier molecular flexibility index (Phi) is 5.03.